The summed E-state index contributed by atoms with van der Waals surface area (Å²) in [5.74, 6) is -2.21. The van der Waals surface area contributed by atoms with Crippen LogP contribution in [0.15, 0.2) is 29.2 Å². The van der Waals surface area contributed by atoms with Crippen molar-refractivity contribution in [1.82, 2.24) is 9.21 Å². The number of carboxylic acids is 1. The van der Waals surface area contributed by atoms with E-state index >= 15 is 0 Å². The second-order valence-corrected chi connectivity index (χ2v) is 8.69. The number of carbonyl (C=O) groups excluding carboxylic acids is 1. The van der Waals surface area contributed by atoms with Crippen molar-refractivity contribution in [3.63, 3.8) is 0 Å². The molecule has 136 valence electrons. The van der Waals surface area contributed by atoms with Gasteiger partial charge in [-0.25, -0.2) is 8.42 Å². The molecule has 1 aromatic rings. The molecule has 1 heterocycles. The van der Waals surface area contributed by atoms with Crippen molar-refractivity contribution in [3.8, 4) is 0 Å². The van der Waals surface area contributed by atoms with Gasteiger partial charge < -0.3 is 10.0 Å². The minimum Gasteiger partial charge on any atom is -0.481 e. The molecule has 2 aliphatic rings. The Labute approximate surface area is 151 Å². The molecule has 3 rings (SSSR count). The van der Waals surface area contributed by atoms with Crippen LogP contribution in [-0.4, -0.2) is 60.8 Å². The number of benzene rings is 1. The molecule has 1 aliphatic carbocycles. The second-order valence-electron chi connectivity index (χ2n) is 6.32. The lowest BCUT2D eigenvalue weighted by atomic mass is 9.73. The topological polar surface area (TPSA) is 95.0 Å². The lowest BCUT2D eigenvalue weighted by molar-refractivity contribution is -0.157. The summed E-state index contributed by atoms with van der Waals surface area (Å²) in [6, 6.07) is 6.08. The van der Waals surface area contributed by atoms with Crippen molar-refractivity contribution >= 4 is 33.5 Å². The van der Waals surface area contributed by atoms with E-state index < -0.39 is 27.8 Å². The van der Waals surface area contributed by atoms with Crippen molar-refractivity contribution < 1.29 is 23.1 Å². The molecule has 9 heteroatoms. The monoisotopic (exact) mass is 386 g/mol. The van der Waals surface area contributed by atoms with Crippen LogP contribution in [0, 0.1) is 11.8 Å². The molecule has 25 heavy (non-hydrogen) atoms. The van der Waals surface area contributed by atoms with E-state index in [1.807, 2.05) is 0 Å². The lowest BCUT2D eigenvalue weighted by Crippen LogP contribution is -2.54. The van der Waals surface area contributed by atoms with E-state index in [-0.39, 0.29) is 37.0 Å². The molecule has 7 nitrogen and oxygen atoms in total. The van der Waals surface area contributed by atoms with E-state index in [1.54, 1.807) is 17.0 Å². The Kier molecular flexibility index (Phi) is 5.04. The Morgan fingerprint density at radius 2 is 1.72 bits per heavy atom. The summed E-state index contributed by atoms with van der Waals surface area (Å²) in [6.45, 7) is 0.902. The Morgan fingerprint density at radius 3 is 2.24 bits per heavy atom. The van der Waals surface area contributed by atoms with Crippen LogP contribution >= 0.6 is 11.6 Å². The van der Waals surface area contributed by atoms with Gasteiger partial charge in [0.05, 0.1) is 16.7 Å². The van der Waals surface area contributed by atoms with Crippen molar-refractivity contribution in [2.75, 3.05) is 26.2 Å². The van der Waals surface area contributed by atoms with Gasteiger partial charge in [0.15, 0.2) is 0 Å². The summed E-state index contributed by atoms with van der Waals surface area (Å²) in [5.41, 5.74) is 0. The first-order valence-corrected chi connectivity index (χ1v) is 9.90. The number of rotatable bonds is 4. The van der Waals surface area contributed by atoms with Crippen molar-refractivity contribution in [2.24, 2.45) is 11.8 Å². The molecule has 0 aromatic heterocycles. The zero-order valence-corrected chi connectivity index (χ0v) is 15.0. The minimum atomic E-state index is -3.65. The molecule has 2 unspecified atom stereocenters. The van der Waals surface area contributed by atoms with Gasteiger partial charge in [-0.05, 0) is 31.0 Å². The number of halogens is 1. The molecule has 0 bridgehead atoms. The predicted molar refractivity (Wildman–Crippen MR) is 90.6 cm³/mol. The lowest BCUT2D eigenvalue weighted by Gasteiger charge is -2.40. The van der Waals surface area contributed by atoms with E-state index in [0.29, 0.717) is 17.9 Å². The Balaban J connectivity index is 1.64. The zero-order chi connectivity index (χ0) is 18.2. The summed E-state index contributed by atoms with van der Waals surface area (Å²) in [5, 5.41) is 9.43. The van der Waals surface area contributed by atoms with Gasteiger partial charge >= 0.3 is 5.97 Å². The Bertz CT molecular complexity index is 789. The fourth-order valence-corrected chi connectivity index (χ4v) is 4.97. The molecule has 1 saturated heterocycles. The number of sulfonamides is 1. The number of aliphatic carboxylic acids is 1. The first-order valence-electron chi connectivity index (χ1n) is 8.08. The van der Waals surface area contributed by atoms with Gasteiger partial charge in [-0.15, -0.1) is 0 Å². The van der Waals surface area contributed by atoms with Crippen LogP contribution in [0.5, 0.6) is 0 Å². The van der Waals surface area contributed by atoms with Crippen LogP contribution in [0.3, 0.4) is 0 Å². The van der Waals surface area contributed by atoms with E-state index in [4.69, 9.17) is 16.7 Å². The van der Waals surface area contributed by atoms with E-state index in [2.05, 4.69) is 0 Å². The molecule has 2 fully saturated rings. The highest BCUT2D eigenvalue weighted by Gasteiger charge is 2.44. The number of nitrogens with zero attached hydrogens (tertiary/aromatic N) is 2. The van der Waals surface area contributed by atoms with Crippen molar-refractivity contribution in [3.05, 3.63) is 29.3 Å². The number of hydrogen-bond donors (Lipinski definition) is 1. The molecule has 1 aromatic carbocycles. The SMILES string of the molecule is O=C(O)C1CCC1C(=O)N1CCN(S(=O)(=O)c2cccc(Cl)c2)CC1. The summed E-state index contributed by atoms with van der Waals surface area (Å²) in [7, 11) is -3.65. The van der Waals surface area contributed by atoms with Crippen molar-refractivity contribution in [1.29, 1.82) is 0 Å². The molecule has 2 atom stereocenters. The van der Waals surface area contributed by atoms with Crippen LogP contribution < -0.4 is 0 Å². The smallest absolute Gasteiger partial charge is 0.307 e. The fourth-order valence-electron chi connectivity index (χ4n) is 3.25. The molecule has 1 aliphatic heterocycles. The van der Waals surface area contributed by atoms with Gasteiger partial charge in [0.1, 0.15) is 0 Å². The van der Waals surface area contributed by atoms with E-state index in [0.717, 1.165) is 0 Å². The molecule has 1 saturated carbocycles. The first-order chi connectivity index (χ1) is 11.8. The maximum absolute atomic E-state index is 12.6. The quantitative estimate of drug-likeness (QED) is 0.841. The van der Waals surface area contributed by atoms with E-state index in [9.17, 15) is 18.0 Å². The molecular formula is C16H19ClN2O5S. The number of hydrogen-bond acceptors (Lipinski definition) is 4. The molecule has 1 N–H and O–H groups in total. The number of amides is 1. The van der Waals surface area contributed by atoms with Crippen LogP contribution in [-0.2, 0) is 19.6 Å². The minimum absolute atomic E-state index is 0.129. The maximum atomic E-state index is 12.6. The standard InChI is InChI=1S/C16H19ClN2O5S/c17-11-2-1-3-12(10-11)25(23,24)19-8-6-18(7-9-19)15(20)13-4-5-14(13)16(21)22/h1-3,10,13-14H,4-9H2,(H,21,22). The number of carboxylic acid groups (broad SMARTS) is 1. The van der Waals surface area contributed by atoms with Crippen LogP contribution in [0.25, 0.3) is 0 Å². The average molecular weight is 387 g/mol. The summed E-state index contributed by atoms with van der Waals surface area (Å²) >= 11 is 5.87. The third-order valence-corrected chi connectivity index (χ3v) is 7.02. The molecular weight excluding hydrogens is 368 g/mol. The van der Waals surface area contributed by atoms with Gasteiger partial charge in [-0.3, -0.25) is 9.59 Å². The Morgan fingerprint density at radius 1 is 1.08 bits per heavy atom. The van der Waals surface area contributed by atoms with Gasteiger partial charge in [0.2, 0.25) is 15.9 Å². The summed E-state index contributed by atoms with van der Waals surface area (Å²) in [4.78, 5) is 25.2. The third kappa shape index (κ3) is 3.51. The van der Waals surface area contributed by atoms with Gasteiger partial charge in [0.25, 0.3) is 0 Å². The van der Waals surface area contributed by atoms with E-state index in [1.165, 1.54) is 16.4 Å². The van der Waals surface area contributed by atoms with Gasteiger partial charge in [-0.1, -0.05) is 17.7 Å². The second kappa shape index (κ2) is 6.93. The number of piperazine rings is 1. The van der Waals surface area contributed by atoms with Gasteiger partial charge in [-0.2, -0.15) is 4.31 Å². The van der Waals surface area contributed by atoms with Crippen LogP contribution in [0.2, 0.25) is 5.02 Å². The third-order valence-electron chi connectivity index (χ3n) is 4.89. The highest BCUT2D eigenvalue weighted by molar-refractivity contribution is 7.89. The predicted octanol–water partition coefficient (Wildman–Crippen LogP) is 1.28. The summed E-state index contributed by atoms with van der Waals surface area (Å²) < 4.78 is 26.6. The zero-order valence-electron chi connectivity index (χ0n) is 13.5. The van der Waals surface area contributed by atoms with Crippen LogP contribution in [0.1, 0.15) is 12.8 Å². The molecule has 0 radical (unpaired) electrons. The van der Waals surface area contributed by atoms with Crippen LogP contribution in [0.4, 0.5) is 0 Å². The highest BCUT2D eigenvalue weighted by atomic mass is 35.5. The number of carbonyl (C=O) groups is 2. The Hall–Kier alpha value is -1.64. The normalized spacial score (nSPS) is 24.6. The highest BCUT2D eigenvalue weighted by Crippen LogP contribution is 2.36. The van der Waals surface area contributed by atoms with Gasteiger partial charge in [0, 0.05) is 31.2 Å². The fraction of sp³-hybridized carbons (Fsp3) is 0.500. The average Bonchev–Trinajstić information content (AvgIpc) is 2.53. The first kappa shape index (κ1) is 18.2. The molecule has 0 spiro atoms. The maximum Gasteiger partial charge on any atom is 0.307 e. The summed E-state index contributed by atoms with van der Waals surface area (Å²) in [6.07, 6.45) is 1.10. The molecule has 1 amide bonds. The van der Waals surface area contributed by atoms with Crippen molar-refractivity contribution in [2.45, 2.75) is 17.7 Å². The largest absolute Gasteiger partial charge is 0.481 e.